The Morgan fingerprint density at radius 3 is 2.06 bits per heavy atom. The number of aromatic nitrogens is 2. The van der Waals surface area contributed by atoms with Gasteiger partial charge in [-0.25, -0.2) is 4.68 Å². The van der Waals surface area contributed by atoms with Gasteiger partial charge in [0.1, 0.15) is 11.4 Å². The Morgan fingerprint density at radius 1 is 0.861 bits per heavy atom. The first kappa shape index (κ1) is 23.4. The molecule has 1 N–H and O–H groups in total. The molecule has 1 fully saturated rings. The number of halogens is 1. The summed E-state index contributed by atoms with van der Waals surface area (Å²) in [6.07, 6.45) is 0. The molecule has 8 heteroatoms. The van der Waals surface area contributed by atoms with Gasteiger partial charge in [0.05, 0.1) is 23.0 Å². The highest BCUT2D eigenvalue weighted by atomic mass is 35.5. The Labute approximate surface area is 212 Å². The average molecular weight is 500 g/mol. The Morgan fingerprint density at radius 2 is 1.44 bits per heavy atom. The number of hydrogen-bond acceptors (Lipinski definition) is 4. The lowest BCUT2D eigenvalue weighted by Crippen LogP contribution is -2.34. The van der Waals surface area contributed by atoms with Crippen molar-refractivity contribution in [1.29, 1.82) is 0 Å². The van der Waals surface area contributed by atoms with Gasteiger partial charge in [-0.05, 0) is 48.9 Å². The van der Waals surface area contributed by atoms with Crippen molar-refractivity contribution in [3.63, 3.8) is 0 Å². The van der Waals surface area contributed by atoms with E-state index >= 15 is 0 Å². The number of benzene rings is 3. The number of rotatable bonds is 4. The van der Waals surface area contributed by atoms with Crippen LogP contribution in [-0.4, -0.2) is 26.2 Å². The Bertz CT molecular complexity index is 1570. The van der Waals surface area contributed by atoms with Gasteiger partial charge in [-0.1, -0.05) is 60.1 Å². The van der Waals surface area contributed by atoms with Crippen LogP contribution in [0.3, 0.4) is 0 Å². The fourth-order valence-electron chi connectivity index (χ4n) is 4.61. The van der Waals surface area contributed by atoms with Gasteiger partial charge in [0.25, 0.3) is 17.2 Å². The molecule has 1 unspecified atom stereocenters. The number of anilines is 1. The predicted molar refractivity (Wildman–Crippen MR) is 138 cm³/mol. The minimum Gasteiger partial charge on any atom is -0.507 e. The molecule has 180 valence electrons. The molecule has 0 bridgehead atoms. The number of Topliss-reactive ketones (excluding diaryl/α,β-unsaturated/α-hetero) is 1. The number of carbonyl (C=O) groups excluding carboxylic acids is 2. The molecule has 0 radical (unpaired) electrons. The largest absolute Gasteiger partial charge is 0.507 e. The summed E-state index contributed by atoms with van der Waals surface area (Å²) in [4.78, 5) is 41.9. The van der Waals surface area contributed by atoms with Crippen molar-refractivity contribution in [2.24, 2.45) is 7.05 Å². The zero-order valence-corrected chi connectivity index (χ0v) is 20.3. The second kappa shape index (κ2) is 9.02. The molecule has 1 aromatic heterocycles. The van der Waals surface area contributed by atoms with Crippen LogP contribution in [0.25, 0.3) is 11.4 Å². The molecule has 0 spiro atoms. The topological polar surface area (TPSA) is 84.5 Å². The van der Waals surface area contributed by atoms with Crippen LogP contribution >= 0.6 is 11.6 Å². The summed E-state index contributed by atoms with van der Waals surface area (Å²) in [5.41, 5.74) is 1.57. The Kier molecular flexibility index (Phi) is 5.86. The van der Waals surface area contributed by atoms with E-state index in [-0.39, 0.29) is 17.0 Å². The quantitative estimate of drug-likeness (QED) is 0.249. The number of aliphatic hydroxyl groups excluding tert-OH is 1. The van der Waals surface area contributed by atoms with E-state index in [1.807, 2.05) is 24.3 Å². The number of para-hydroxylation sites is 1. The molecule has 0 saturated carbocycles. The summed E-state index contributed by atoms with van der Waals surface area (Å²) in [6.45, 7) is 1.72. The summed E-state index contributed by atoms with van der Waals surface area (Å²) >= 11 is 5.99. The molecule has 1 aliphatic heterocycles. The normalized spacial score (nSPS) is 17.1. The van der Waals surface area contributed by atoms with Crippen LogP contribution in [0.2, 0.25) is 5.02 Å². The van der Waals surface area contributed by atoms with Gasteiger partial charge >= 0.3 is 0 Å². The summed E-state index contributed by atoms with van der Waals surface area (Å²) < 4.78 is 3.10. The zero-order valence-electron chi connectivity index (χ0n) is 19.6. The van der Waals surface area contributed by atoms with Crippen molar-refractivity contribution in [2.45, 2.75) is 13.0 Å². The first-order valence-electron chi connectivity index (χ1n) is 11.3. The smallest absolute Gasteiger partial charge is 0.300 e. The monoisotopic (exact) mass is 499 g/mol. The minimum absolute atomic E-state index is 0.0764. The maximum atomic E-state index is 13.8. The van der Waals surface area contributed by atoms with E-state index in [0.717, 1.165) is 0 Å². The molecular weight excluding hydrogens is 478 g/mol. The van der Waals surface area contributed by atoms with Crippen molar-refractivity contribution in [3.05, 3.63) is 123 Å². The molecule has 3 aromatic carbocycles. The van der Waals surface area contributed by atoms with E-state index in [1.165, 1.54) is 9.58 Å². The Hall–Kier alpha value is -4.36. The highest BCUT2D eigenvalue weighted by Crippen LogP contribution is 2.42. The van der Waals surface area contributed by atoms with Crippen LogP contribution in [0, 0.1) is 6.92 Å². The third kappa shape index (κ3) is 3.65. The molecule has 5 rings (SSSR count). The van der Waals surface area contributed by atoms with E-state index < -0.39 is 23.3 Å². The third-order valence-corrected chi connectivity index (χ3v) is 6.69. The van der Waals surface area contributed by atoms with Crippen molar-refractivity contribution in [3.8, 4) is 5.69 Å². The maximum absolute atomic E-state index is 13.8. The molecule has 7 nitrogen and oxygen atoms in total. The molecular formula is C28H22ClN3O4. The maximum Gasteiger partial charge on any atom is 0.300 e. The first-order valence-corrected chi connectivity index (χ1v) is 11.6. The van der Waals surface area contributed by atoms with Crippen LogP contribution in [0.1, 0.15) is 22.9 Å². The molecule has 36 heavy (non-hydrogen) atoms. The second-order valence-electron chi connectivity index (χ2n) is 8.50. The molecule has 1 atom stereocenters. The van der Waals surface area contributed by atoms with Gasteiger partial charge in [-0.3, -0.25) is 24.0 Å². The lowest BCUT2D eigenvalue weighted by Gasteiger charge is -2.24. The fraction of sp³-hybridized carbons (Fsp3) is 0.107. The number of aliphatic hydroxyl groups is 1. The van der Waals surface area contributed by atoms with Gasteiger partial charge in [-0.15, -0.1) is 0 Å². The molecule has 2 heterocycles. The molecule has 1 amide bonds. The van der Waals surface area contributed by atoms with Crippen LogP contribution < -0.4 is 10.5 Å². The van der Waals surface area contributed by atoms with E-state index in [1.54, 1.807) is 79.3 Å². The average Bonchev–Trinajstić information content (AvgIpc) is 3.28. The van der Waals surface area contributed by atoms with Gasteiger partial charge in [0, 0.05) is 17.6 Å². The Balaban J connectivity index is 1.77. The predicted octanol–water partition coefficient (Wildman–Crippen LogP) is 4.76. The van der Waals surface area contributed by atoms with E-state index in [9.17, 15) is 19.5 Å². The van der Waals surface area contributed by atoms with Crippen LogP contribution in [0.5, 0.6) is 0 Å². The lowest BCUT2D eigenvalue weighted by molar-refractivity contribution is -0.132. The summed E-state index contributed by atoms with van der Waals surface area (Å²) in [7, 11) is 1.72. The van der Waals surface area contributed by atoms with Gasteiger partial charge in [0.15, 0.2) is 0 Å². The second-order valence-corrected chi connectivity index (χ2v) is 8.93. The van der Waals surface area contributed by atoms with E-state index in [2.05, 4.69) is 0 Å². The van der Waals surface area contributed by atoms with Crippen LogP contribution in [0.4, 0.5) is 5.69 Å². The number of nitrogens with zero attached hydrogens (tertiary/aromatic N) is 3. The SMILES string of the molecule is Cc1c(N2C(=O)C(=O)C(=C(O)c3ccc(Cl)cc3)C2c2ccccc2)c(=O)n(-c2ccccc2)n1C. The number of ketones is 1. The molecule has 1 saturated heterocycles. The zero-order chi connectivity index (χ0) is 25.6. The van der Waals surface area contributed by atoms with Gasteiger partial charge in [0.2, 0.25) is 0 Å². The van der Waals surface area contributed by atoms with Gasteiger partial charge in [-0.2, -0.15) is 0 Å². The standard InChI is InChI=1S/C28H22ClN3O4/c1-17-23(27(35)32(30(17)2)21-11-7-4-8-12-21)31-24(18-9-5-3-6-10-18)22(26(34)28(31)36)25(33)19-13-15-20(29)16-14-19/h3-16,24,33H,1-2H3. The highest BCUT2D eigenvalue weighted by Gasteiger charge is 2.49. The lowest BCUT2D eigenvalue weighted by atomic mass is 9.95. The van der Waals surface area contributed by atoms with Crippen LogP contribution in [-0.2, 0) is 16.6 Å². The van der Waals surface area contributed by atoms with E-state index in [4.69, 9.17) is 11.6 Å². The van der Waals surface area contributed by atoms with Gasteiger partial charge < -0.3 is 5.11 Å². The summed E-state index contributed by atoms with van der Waals surface area (Å²) in [5, 5.41) is 11.7. The summed E-state index contributed by atoms with van der Waals surface area (Å²) in [6, 6.07) is 23.2. The molecule has 4 aromatic rings. The minimum atomic E-state index is -1.00. The highest BCUT2D eigenvalue weighted by molar-refractivity contribution is 6.51. The van der Waals surface area contributed by atoms with E-state index in [0.29, 0.717) is 27.5 Å². The summed E-state index contributed by atoms with van der Waals surface area (Å²) in [5.74, 6) is -2.09. The fourth-order valence-corrected chi connectivity index (χ4v) is 4.73. The van der Waals surface area contributed by atoms with Crippen molar-refractivity contribution >= 4 is 34.7 Å². The first-order chi connectivity index (χ1) is 17.3. The molecule has 0 aliphatic carbocycles. The van der Waals surface area contributed by atoms with Crippen LogP contribution in [0.15, 0.2) is 95.3 Å². The number of hydrogen-bond donors (Lipinski definition) is 1. The number of amides is 1. The van der Waals surface area contributed by atoms with Crippen molar-refractivity contribution in [1.82, 2.24) is 9.36 Å². The molecule has 1 aliphatic rings. The number of carbonyl (C=O) groups is 2. The van der Waals surface area contributed by atoms with Crippen molar-refractivity contribution in [2.75, 3.05) is 4.90 Å². The van der Waals surface area contributed by atoms with Crippen molar-refractivity contribution < 1.29 is 14.7 Å². The third-order valence-electron chi connectivity index (χ3n) is 6.44.